The van der Waals surface area contributed by atoms with Gasteiger partial charge in [0.05, 0.1) is 12.6 Å². The van der Waals surface area contributed by atoms with Crippen LogP contribution in [0.1, 0.15) is 40.8 Å². The molecule has 2 rings (SSSR count). The molecular weight excluding hydrogens is 326 g/mol. The highest BCUT2D eigenvalue weighted by atomic mass is 32.1. The van der Waals surface area contributed by atoms with Crippen molar-refractivity contribution in [3.8, 4) is 0 Å². The van der Waals surface area contributed by atoms with E-state index in [0.29, 0.717) is 13.1 Å². The Hall–Kier alpha value is -1.96. The summed E-state index contributed by atoms with van der Waals surface area (Å²) in [5, 5.41) is 13.8. The lowest BCUT2D eigenvalue weighted by atomic mass is 10.2. The summed E-state index contributed by atoms with van der Waals surface area (Å²) in [6.45, 7) is 5.78. The van der Waals surface area contributed by atoms with Gasteiger partial charge in [0.15, 0.2) is 0 Å². The van der Waals surface area contributed by atoms with E-state index >= 15 is 0 Å². The van der Waals surface area contributed by atoms with Crippen LogP contribution in [0.25, 0.3) is 0 Å². The number of nitrogens with one attached hydrogen (secondary N) is 2. The summed E-state index contributed by atoms with van der Waals surface area (Å²) in [5.41, 5.74) is 0.425. The molecule has 2 aromatic heterocycles. The molecule has 2 heterocycles. The van der Waals surface area contributed by atoms with Crippen LogP contribution in [0.3, 0.4) is 0 Å². The lowest BCUT2D eigenvalue weighted by Gasteiger charge is -2.19. The SMILES string of the molecule is CCN(CCO)Cc1ccc(C(=O)NC(C)c2cccs2)c(=O)[nH]1. The molecule has 3 N–H and O–H groups in total. The zero-order chi connectivity index (χ0) is 17.5. The maximum Gasteiger partial charge on any atom is 0.261 e. The fraction of sp³-hybridized carbons (Fsp3) is 0.412. The van der Waals surface area contributed by atoms with E-state index in [1.165, 1.54) is 0 Å². The second-order valence-electron chi connectivity index (χ2n) is 5.53. The molecule has 0 spiro atoms. The summed E-state index contributed by atoms with van der Waals surface area (Å²) in [6, 6.07) is 7.03. The number of pyridine rings is 1. The highest BCUT2D eigenvalue weighted by molar-refractivity contribution is 7.10. The van der Waals surface area contributed by atoms with Crippen molar-refractivity contribution >= 4 is 17.2 Å². The van der Waals surface area contributed by atoms with Crippen LogP contribution in [0, 0.1) is 0 Å². The first-order valence-electron chi connectivity index (χ1n) is 7.94. The number of rotatable bonds is 8. The number of hydrogen-bond donors (Lipinski definition) is 3. The molecule has 1 amide bonds. The molecule has 0 radical (unpaired) electrons. The number of nitrogens with zero attached hydrogens (tertiary/aromatic N) is 1. The molecule has 1 atom stereocenters. The number of carbonyl (C=O) groups excluding carboxylic acids is 1. The molecule has 0 aliphatic heterocycles. The summed E-state index contributed by atoms with van der Waals surface area (Å²) in [6.07, 6.45) is 0. The zero-order valence-electron chi connectivity index (χ0n) is 13.9. The van der Waals surface area contributed by atoms with Crippen LogP contribution in [0.15, 0.2) is 34.4 Å². The average Bonchev–Trinajstić information content (AvgIpc) is 3.09. The van der Waals surface area contributed by atoms with Crippen LogP contribution < -0.4 is 10.9 Å². The van der Waals surface area contributed by atoms with Crippen LogP contribution in [0.2, 0.25) is 0 Å². The Labute approximate surface area is 145 Å². The van der Waals surface area contributed by atoms with Gasteiger partial charge in [0, 0.05) is 23.7 Å². The van der Waals surface area contributed by atoms with E-state index in [9.17, 15) is 9.59 Å². The predicted molar refractivity (Wildman–Crippen MR) is 95.3 cm³/mol. The molecule has 2 aromatic rings. The van der Waals surface area contributed by atoms with E-state index in [1.807, 2.05) is 36.3 Å². The lowest BCUT2D eigenvalue weighted by Crippen LogP contribution is -2.32. The third-order valence-electron chi connectivity index (χ3n) is 3.79. The molecule has 0 saturated carbocycles. The normalized spacial score (nSPS) is 12.3. The Morgan fingerprint density at radius 3 is 2.79 bits per heavy atom. The largest absolute Gasteiger partial charge is 0.395 e. The van der Waals surface area contributed by atoms with Crippen molar-refractivity contribution in [2.24, 2.45) is 0 Å². The fourth-order valence-corrected chi connectivity index (χ4v) is 3.13. The van der Waals surface area contributed by atoms with Crippen molar-refractivity contribution in [2.75, 3.05) is 19.7 Å². The van der Waals surface area contributed by atoms with Gasteiger partial charge in [-0.2, -0.15) is 0 Å². The van der Waals surface area contributed by atoms with E-state index < -0.39 is 5.56 Å². The number of aromatic nitrogens is 1. The minimum atomic E-state index is -0.400. The Morgan fingerprint density at radius 2 is 2.21 bits per heavy atom. The van der Waals surface area contributed by atoms with Crippen LogP contribution in [-0.2, 0) is 6.54 Å². The third-order valence-corrected chi connectivity index (χ3v) is 4.84. The van der Waals surface area contributed by atoms with Gasteiger partial charge in [0.2, 0.25) is 0 Å². The van der Waals surface area contributed by atoms with Gasteiger partial charge in [-0.15, -0.1) is 11.3 Å². The van der Waals surface area contributed by atoms with E-state index in [2.05, 4.69) is 10.3 Å². The first kappa shape index (κ1) is 18.4. The number of carbonyl (C=O) groups is 1. The fourth-order valence-electron chi connectivity index (χ4n) is 2.40. The van der Waals surface area contributed by atoms with Crippen LogP contribution in [-0.4, -0.2) is 40.6 Å². The Morgan fingerprint density at radius 1 is 1.42 bits per heavy atom. The topological polar surface area (TPSA) is 85.4 Å². The second kappa shape index (κ2) is 8.77. The zero-order valence-corrected chi connectivity index (χ0v) is 14.7. The van der Waals surface area contributed by atoms with Crippen LogP contribution in [0.4, 0.5) is 0 Å². The minimum Gasteiger partial charge on any atom is -0.395 e. The lowest BCUT2D eigenvalue weighted by molar-refractivity contribution is 0.0939. The van der Waals surface area contributed by atoms with Crippen molar-refractivity contribution in [1.29, 1.82) is 0 Å². The summed E-state index contributed by atoms with van der Waals surface area (Å²) >= 11 is 1.56. The first-order valence-corrected chi connectivity index (χ1v) is 8.82. The van der Waals surface area contributed by atoms with Crippen molar-refractivity contribution < 1.29 is 9.90 Å². The summed E-state index contributed by atoms with van der Waals surface area (Å²) in [4.78, 5) is 30.3. The van der Waals surface area contributed by atoms with Gasteiger partial charge in [0.25, 0.3) is 11.5 Å². The van der Waals surface area contributed by atoms with Crippen LogP contribution in [0.5, 0.6) is 0 Å². The average molecular weight is 349 g/mol. The molecule has 0 aliphatic rings. The van der Waals surface area contributed by atoms with Crippen molar-refractivity contribution in [1.82, 2.24) is 15.2 Å². The number of amides is 1. The molecule has 0 saturated heterocycles. The van der Waals surface area contributed by atoms with Gasteiger partial charge >= 0.3 is 0 Å². The van der Waals surface area contributed by atoms with E-state index in [1.54, 1.807) is 23.5 Å². The molecule has 6 nitrogen and oxygen atoms in total. The van der Waals surface area contributed by atoms with Gasteiger partial charge in [0.1, 0.15) is 5.56 Å². The van der Waals surface area contributed by atoms with Crippen molar-refractivity contribution in [2.45, 2.75) is 26.4 Å². The highest BCUT2D eigenvalue weighted by Gasteiger charge is 2.15. The number of H-pyrrole nitrogens is 1. The second-order valence-corrected chi connectivity index (χ2v) is 6.51. The molecule has 0 fully saturated rings. The number of hydrogen-bond acceptors (Lipinski definition) is 5. The van der Waals surface area contributed by atoms with Crippen molar-refractivity contribution in [3.63, 3.8) is 0 Å². The number of aliphatic hydroxyl groups is 1. The molecule has 0 aromatic carbocycles. The summed E-state index contributed by atoms with van der Waals surface area (Å²) < 4.78 is 0. The third kappa shape index (κ3) is 4.77. The Kier molecular flexibility index (Phi) is 6.72. The molecule has 24 heavy (non-hydrogen) atoms. The number of aromatic amines is 1. The van der Waals surface area contributed by atoms with E-state index in [0.717, 1.165) is 17.1 Å². The van der Waals surface area contributed by atoms with Gasteiger partial charge in [-0.1, -0.05) is 13.0 Å². The molecule has 0 bridgehead atoms. The van der Waals surface area contributed by atoms with E-state index in [-0.39, 0.29) is 24.1 Å². The molecular formula is C17H23N3O3S. The maximum absolute atomic E-state index is 12.3. The van der Waals surface area contributed by atoms with Gasteiger partial charge in [-0.3, -0.25) is 14.5 Å². The van der Waals surface area contributed by atoms with Crippen LogP contribution >= 0.6 is 11.3 Å². The smallest absolute Gasteiger partial charge is 0.261 e. The standard InChI is InChI=1S/C17H23N3O3S/c1-3-20(8-9-21)11-13-6-7-14(17(23)19-13)16(22)18-12(2)15-5-4-10-24-15/h4-7,10,12,21H,3,8-9,11H2,1-2H3,(H,18,22)(H,19,23). The predicted octanol–water partition coefficient (Wildman–Crippen LogP) is 1.74. The number of thiophene rings is 1. The molecule has 1 unspecified atom stereocenters. The van der Waals surface area contributed by atoms with Crippen molar-refractivity contribution in [3.05, 3.63) is 56.1 Å². The Balaban J connectivity index is 2.06. The quantitative estimate of drug-likeness (QED) is 0.678. The Bertz CT molecular complexity index is 712. The van der Waals surface area contributed by atoms with Gasteiger partial charge in [-0.05, 0) is 37.0 Å². The molecule has 0 aliphatic carbocycles. The summed E-state index contributed by atoms with van der Waals surface area (Å²) in [7, 11) is 0. The first-order chi connectivity index (χ1) is 11.5. The number of aliphatic hydroxyl groups excluding tert-OH is 1. The minimum absolute atomic E-state index is 0.0686. The van der Waals surface area contributed by atoms with Gasteiger partial charge in [-0.25, -0.2) is 0 Å². The van der Waals surface area contributed by atoms with E-state index in [4.69, 9.17) is 5.11 Å². The maximum atomic E-state index is 12.3. The highest BCUT2D eigenvalue weighted by Crippen LogP contribution is 2.18. The molecule has 7 heteroatoms. The molecule has 130 valence electrons. The number of likely N-dealkylation sites (N-methyl/N-ethyl adjacent to an activating group) is 1. The van der Waals surface area contributed by atoms with Gasteiger partial charge < -0.3 is 15.4 Å². The summed E-state index contributed by atoms with van der Waals surface area (Å²) in [5.74, 6) is -0.383. The monoisotopic (exact) mass is 349 g/mol.